The van der Waals surface area contributed by atoms with Gasteiger partial charge in [0, 0.05) is 45.6 Å². The first kappa shape index (κ1) is 19.4. The highest BCUT2D eigenvalue weighted by Crippen LogP contribution is 2.38. The Morgan fingerprint density at radius 3 is 2.29 bits per heavy atom. The lowest BCUT2D eigenvalue weighted by atomic mass is 9.89. The van der Waals surface area contributed by atoms with E-state index in [1.165, 1.54) is 18.2 Å². The maximum atomic E-state index is 14.0. The van der Waals surface area contributed by atoms with Gasteiger partial charge in [0.1, 0.15) is 11.6 Å². The van der Waals surface area contributed by atoms with E-state index in [9.17, 15) is 9.59 Å². The van der Waals surface area contributed by atoms with Gasteiger partial charge in [-0.05, 0) is 30.5 Å². The van der Waals surface area contributed by atoms with Gasteiger partial charge in [-0.1, -0.05) is 31.2 Å². The first-order valence-electron chi connectivity index (χ1n) is 10.5. The van der Waals surface area contributed by atoms with E-state index in [0.29, 0.717) is 13.0 Å². The van der Waals surface area contributed by atoms with Crippen LogP contribution in [-0.2, 0) is 27.2 Å². The fourth-order valence-electron chi connectivity index (χ4n) is 5.26. The monoisotopic (exact) mass is 385 g/mol. The first-order chi connectivity index (χ1) is 13.6. The van der Waals surface area contributed by atoms with Crippen LogP contribution in [0, 0.1) is 0 Å². The molecule has 6 heteroatoms. The lowest BCUT2D eigenvalue weighted by Crippen LogP contribution is -2.65. The normalized spacial score (nSPS) is 24.9. The quantitative estimate of drug-likeness (QED) is 0.732. The van der Waals surface area contributed by atoms with Gasteiger partial charge in [-0.2, -0.15) is 0 Å². The Hall–Kier alpha value is -1.92. The number of hydrogen-bond acceptors (Lipinski definition) is 5. The summed E-state index contributed by atoms with van der Waals surface area (Å²) in [6, 6.07) is 7.97. The van der Waals surface area contributed by atoms with Gasteiger partial charge in [0.2, 0.25) is 5.91 Å². The number of carbonyl (C=O) groups excluding carboxylic acids is 2. The SMILES string of the molecule is CCN1CCN(C2(C(=O)N3CCC[C@H]3C(=O)OC)Cc3ccccc3C2)CC1. The molecule has 0 spiro atoms. The number of fused-ring (bicyclic) bond motifs is 1. The summed E-state index contributed by atoms with van der Waals surface area (Å²) in [7, 11) is 1.41. The van der Waals surface area contributed by atoms with Crippen LogP contribution < -0.4 is 0 Å². The summed E-state index contributed by atoms with van der Waals surface area (Å²) in [5.41, 5.74) is 1.96. The minimum absolute atomic E-state index is 0.113. The highest BCUT2D eigenvalue weighted by molar-refractivity contribution is 5.92. The van der Waals surface area contributed by atoms with Crippen LogP contribution >= 0.6 is 0 Å². The lowest BCUT2D eigenvalue weighted by molar-refractivity contribution is -0.157. The molecule has 1 amide bonds. The summed E-state index contributed by atoms with van der Waals surface area (Å²) in [6.07, 6.45) is 3.03. The summed E-state index contributed by atoms with van der Waals surface area (Å²) >= 11 is 0. The number of methoxy groups -OCH3 is 1. The predicted octanol–water partition coefficient (Wildman–Crippen LogP) is 1.33. The van der Waals surface area contributed by atoms with Crippen molar-refractivity contribution < 1.29 is 14.3 Å². The minimum Gasteiger partial charge on any atom is -0.467 e. The number of amides is 1. The fourth-order valence-corrected chi connectivity index (χ4v) is 5.26. The zero-order valence-corrected chi connectivity index (χ0v) is 17.0. The molecule has 2 fully saturated rings. The second-order valence-corrected chi connectivity index (χ2v) is 8.25. The molecule has 3 aliphatic rings. The van der Waals surface area contributed by atoms with Gasteiger partial charge in [0.25, 0.3) is 0 Å². The van der Waals surface area contributed by atoms with Crippen LogP contribution in [0.15, 0.2) is 24.3 Å². The zero-order chi connectivity index (χ0) is 19.7. The Morgan fingerprint density at radius 2 is 1.71 bits per heavy atom. The van der Waals surface area contributed by atoms with Gasteiger partial charge in [0.15, 0.2) is 0 Å². The minimum atomic E-state index is -0.569. The predicted molar refractivity (Wildman–Crippen MR) is 107 cm³/mol. The molecule has 1 aromatic carbocycles. The third-order valence-corrected chi connectivity index (χ3v) is 6.89. The molecule has 0 N–H and O–H groups in total. The van der Waals surface area contributed by atoms with Crippen LogP contribution in [0.2, 0.25) is 0 Å². The van der Waals surface area contributed by atoms with E-state index >= 15 is 0 Å². The molecule has 0 saturated carbocycles. The number of piperazine rings is 1. The number of esters is 1. The fraction of sp³-hybridized carbons (Fsp3) is 0.636. The molecule has 4 rings (SSSR count). The second kappa shape index (κ2) is 7.84. The molecule has 2 heterocycles. The van der Waals surface area contributed by atoms with Crippen LogP contribution in [0.5, 0.6) is 0 Å². The summed E-state index contributed by atoms with van der Waals surface area (Å²) in [4.78, 5) is 32.9. The lowest BCUT2D eigenvalue weighted by Gasteiger charge is -2.46. The molecule has 2 aliphatic heterocycles. The third-order valence-electron chi connectivity index (χ3n) is 6.89. The van der Waals surface area contributed by atoms with Crippen molar-refractivity contribution in [3.05, 3.63) is 35.4 Å². The average molecular weight is 386 g/mol. The number of nitrogens with zero attached hydrogens (tertiary/aromatic N) is 3. The van der Waals surface area contributed by atoms with Crippen LogP contribution in [0.3, 0.4) is 0 Å². The van der Waals surface area contributed by atoms with Crippen molar-refractivity contribution in [3.63, 3.8) is 0 Å². The maximum Gasteiger partial charge on any atom is 0.328 e. The number of hydrogen-bond donors (Lipinski definition) is 0. The van der Waals surface area contributed by atoms with Crippen molar-refractivity contribution in [2.45, 2.75) is 44.2 Å². The molecule has 0 aromatic heterocycles. The van der Waals surface area contributed by atoms with Gasteiger partial charge in [-0.3, -0.25) is 9.69 Å². The van der Waals surface area contributed by atoms with E-state index < -0.39 is 11.6 Å². The first-order valence-corrected chi connectivity index (χ1v) is 10.5. The van der Waals surface area contributed by atoms with Crippen molar-refractivity contribution in [1.29, 1.82) is 0 Å². The van der Waals surface area contributed by atoms with Crippen LogP contribution in [0.25, 0.3) is 0 Å². The largest absolute Gasteiger partial charge is 0.467 e. The number of ether oxygens (including phenoxy) is 1. The zero-order valence-electron chi connectivity index (χ0n) is 17.0. The Morgan fingerprint density at radius 1 is 1.07 bits per heavy atom. The molecule has 1 aliphatic carbocycles. The van der Waals surface area contributed by atoms with Gasteiger partial charge >= 0.3 is 5.97 Å². The van der Waals surface area contributed by atoms with Crippen LogP contribution in [-0.4, -0.2) is 84.5 Å². The van der Waals surface area contributed by atoms with E-state index in [2.05, 4.69) is 41.0 Å². The van der Waals surface area contributed by atoms with Crippen LogP contribution in [0.4, 0.5) is 0 Å². The molecule has 1 atom stereocenters. The molecule has 152 valence electrons. The average Bonchev–Trinajstić information content (AvgIpc) is 3.38. The molecule has 1 aromatic rings. The maximum absolute atomic E-state index is 14.0. The van der Waals surface area contributed by atoms with Gasteiger partial charge in [-0.15, -0.1) is 0 Å². The molecule has 6 nitrogen and oxygen atoms in total. The molecule has 0 radical (unpaired) electrons. The Bertz CT molecular complexity index is 717. The topological polar surface area (TPSA) is 53.1 Å². The van der Waals surface area contributed by atoms with E-state index in [0.717, 1.165) is 52.0 Å². The smallest absolute Gasteiger partial charge is 0.328 e. The van der Waals surface area contributed by atoms with Crippen molar-refractivity contribution in [1.82, 2.24) is 14.7 Å². The number of benzene rings is 1. The molecular weight excluding hydrogens is 354 g/mol. The molecule has 2 saturated heterocycles. The van der Waals surface area contributed by atoms with Crippen molar-refractivity contribution in [2.24, 2.45) is 0 Å². The van der Waals surface area contributed by atoms with Gasteiger partial charge in [0.05, 0.1) is 7.11 Å². The summed E-state index contributed by atoms with van der Waals surface area (Å²) in [5.74, 6) is -0.172. The Kier molecular flexibility index (Phi) is 5.43. The van der Waals surface area contributed by atoms with E-state index in [-0.39, 0.29) is 11.9 Å². The van der Waals surface area contributed by atoms with Crippen molar-refractivity contribution in [3.8, 4) is 0 Å². The molecule has 0 bridgehead atoms. The van der Waals surface area contributed by atoms with E-state index in [1.54, 1.807) is 0 Å². The summed E-state index contributed by atoms with van der Waals surface area (Å²) < 4.78 is 4.99. The molecule has 0 unspecified atom stereocenters. The van der Waals surface area contributed by atoms with E-state index in [4.69, 9.17) is 4.74 Å². The Labute approximate surface area is 167 Å². The van der Waals surface area contributed by atoms with Crippen molar-refractivity contribution in [2.75, 3.05) is 46.4 Å². The summed E-state index contributed by atoms with van der Waals surface area (Å²) in [5, 5.41) is 0. The number of likely N-dealkylation sites (tertiary alicyclic amines) is 1. The number of likely N-dealkylation sites (N-methyl/N-ethyl adjacent to an activating group) is 1. The molecular formula is C22H31N3O3. The van der Waals surface area contributed by atoms with Crippen LogP contribution in [0.1, 0.15) is 30.9 Å². The Balaban J connectivity index is 1.65. The number of carbonyl (C=O) groups is 2. The highest BCUT2D eigenvalue weighted by Gasteiger charge is 2.53. The molecule has 28 heavy (non-hydrogen) atoms. The second-order valence-electron chi connectivity index (χ2n) is 8.25. The highest BCUT2D eigenvalue weighted by atomic mass is 16.5. The number of rotatable bonds is 4. The van der Waals surface area contributed by atoms with Gasteiger partial charge < -0.3 is 14.5 Å². The third kappa shape index (κ3) is 3.22. The standard InChI is InChI=1S/C22H31N3O3/c1-3-23-11-13-24(14-12-23)22(15-17-7-4-5-8-18(17)16-22)21(27)25-10-6-9-19(25)20(26)28-2/h4-5,7-8,19H,3,6,9-16H2,1-2H3/t19-/m0/s1. The van der Waals surface area contributed by atoms with E-state index in [1.807, 2.05) is 4.90 Å². The van der Waals surface area contributed by atoms with Crippen molar-refractivity contribution >= 4 is 11.9 Å². The van der Waals surface area contributed by atoms with Gasteiger partial charge in [-0.25, -0.2) is 4.79 Å². The summed E-state index contributed by atoms with van der Waals surface area (Å²) in [6.45, 7) is 7.64.